The van der Waals surface area contributed by atoms with Crippen molar-refractivity contribution in [1.29, 1.82) is 0 Å². The molecule has 1 amide bonds. The van der Waals surface area contributed by atoms with Gasteiger partial charge in [-0.2, -0.15) is 13.2 Å². The highest BCUT2D eigenvalue weighted by Crippen LogP contribution is 2.39. The number of fused-ring (bicyclic) bond motifs is 1. The highest BCUT2D eigenvalue weighted by atomic mass is 19.4. The van der Waals surface area contributed by atoms with Crippen molar-refractivity contribution < 1.29 is 27.4 Å². The van der Waals surface area contributed by atoms with E-state index in [0.717, 1.165) is 75.4 Å². The molecular formula is C30H40F3N3O3. The average molecular weight is 548 g/mol. The van der Waals surface area contributed by atoms with Gasteiger partial charge in [0.25, 0.3) is 5.91 Å². The van der Waals surface area contributed by atoms with Gasteiger partial charge in [0, 0.05) is 57.5 Å². The zero-order chi connectivity index (χ0) is 28.0. The minimum absolute atomic E-state index is 0.202. The standard InChI is InChI=1S/C30H40F3N3O3/c1-21-22(2)28(39-19-15-34-14-5-18-38-3)13-12-26(21)27-7-4-6-25-20-35(16-17-36(25)27)29(37)23-8-10-24(11-9-23)30(31,32)33/h8-13,25,27,34H,4-7,14-20H2,1-3H3/t25-,27?/m0/s1. The summed E-state index contributed by atoms with van der Waals surface area (Å²) in [4.78, 5) is 17.4. The Labute approximate surface area is 229 Å². The quantitative estimate of drug-likeness (QED) is 0.405. The third kappa shape index (κ3) is 7.13. The SMILES string of the molecule is COCCCNCCOc1ccc(C2CCC[C@H]3CN(C(=O)c4ccc(C(F)(F)F)cc4)CCN23)c(C)c1C. The Hall–Kier alpha value is -2.62. The smallest absolute Gasteiger partial charge is 0.416 e. The van der Waals surface area contributed by atoms with Gasteiger partial charge in [-0.1, -0.05) is 6.07 Å². The van der Waals surface area contributed by atoms with Gasteiger partial charge in [-0.05, 0) is 93.1 Å². The number of alkyl halides is 3. The van der Waals surface area contributed by atoms with Gasteiger partial charge in [-0.3, -0.25) is 9.69 Å². The molecule has 0 aliphatic carbocycles. The van der Waals surface area contributed by atoms with E-state index in [9.17, 15) is 18.0 Å². The number of hydrogen-bond acceptors (Lipinski definition) is 5. The van der Waals surface area contributed by atoms with Crippen LogP contribution in [0.15, 0.2) is 36.4 Å². The number of nitrogens with zero attached hydrogens (tertiary/aromatic N) is 2. The lowest BCUT2D eigenvalue weighted by Crippen LogP contribution is -2.57. The minimum Gasteiger partial charge on any atom is -0.492 e. The van der Waals surface area contributed by atoms with E-state index in [1.165, 1.54) is 23.3 Å². The predicted octanol–water partition coefficient (Wildman–Crippen LogP) is 5.38. The molecule has 2 heterocycles. The molecule has 0 spiro atoms. The maximum atomic E-state index is 13.1. The number of nitrogens with one attached hydrogen (secondary N) is 1. The minimum atomic E-state index is -4.41. The van der Waals surface area contributed by atoms with Gasteiger partial charge in [0.15, 0.2) is 0 Å². The summed E-state index contributed by atoms with van der Waals surface area (Å²) in [5.41, 5.74) is 3.27. The Morgan fingerprint density at radius 3 is 2.49 bits per heavy atom. The molecule has 39 heavy (non-hydrogen) atoms. The number of carbonyl (C=O) groups is 1. The second kappa shape index (κ2) is 13.2. The van der Waals surface area contributed by atoms with Crippen molar-refractivity contribution in [2.75, 3.05) is 53.0 Å². The molecule has 0 radical (unpaired) electrons. The van der Waals surface area contributed by atoms with Crippen LogP contribution in [0.1, 0.15) is 64.3 Å². The Balaban J connectivity index is 1.36. The van der Waals surface area contributed by atoms with Crippen molar-refractivity contribution in [2.45, 2.75) is 57.8 Å². The van der Waals surface area contributed by atoms with E-state index in [2.05, 4.69) is 36.2 Å². The summed E-state index contributed by atoms with van der Waals surface area (Å²) in [6, 6.07) is 9.32. The number of halogens is 3. The number of carbonyl (C=O) groups excluding carboxylic acids is 1. The van der Waals surface area contributed by atoms with Gasteiger partial charge in [-0.15, -0.1) is 0 Å². The van der Waals surface area contributed by atoms with Crippen LogP contribution in [-0.2, 0) is 10.9 Å². The summed E-state index contributed by atoms with van der Waals surface area (Å²) in [7, 11) is 1.71. The molecule has 0 bridgehead atoms. The van der Waals surface area contributed by atoms with E-state index in [-0.39, 0.29) is 18.0 Å². The molecule has 4 rings (SSSR count). The van der Waals surface area contributed by atoms with Gasteiger partial charge in [0.2, 0.25) is 0 Å². The zero-order valence-electron chi connectivity index (χ0n) is 23.2. The Bertz CT molecular complexity index is 1110. The van der Waals surface area contributed by atoms with E-state index in [0.29, 0.717) is 25.3 Å². The van der Waals surface area contributed by atoms with E-state index < -0.39 is 11.7 Å². The van der Waals surface area contributed by atoms with Crippen molar-refractivity contribution >= 4 is 5.91 Å². The summed E-state index contributed by atoms with van der Waals surface area (Å²) in [5, 5.41) is 3.36. The Kier molecular flexibility index (Phi) is 9.91. The van der Waals surface area contributed by atoms with Crippen LogP contribution in [0.4, 0.5) is 13.2 Å². The number of methoxy groups -OCH3 is 1. The number of rotatable bonds is 10. The number of benzene rings is 2. The van der Waals surface area contributed by atoms with Crippen LogP contribution >= 0.6 is 0 Å². The van der Waals surface area contributed by atoms with Gasteiger partial charge in [-0.25, -0.2) is 0 Å². The predicted molar refractivity (Wildman–Crippen MR) is 145 cm³/mol. The molecule has 2 atom stereocenters. The molecule has 6 nitrogen and oxygen atoms in total. The lowest BCUT2D eigenvalue weighted by atomic mass is 9.86. The first-order chi connectivity index (χ1) is 18.7. The summed E-state index contributed by atoms with van der Waals surface area (Å²) >= 11 is 0. The highest BCUT2D eigenvalue weighted by Gasteiger charge is 2.38. The first-order valence-electron chi connectivity index (χ1n) is 13.9. The lowest BCUT2D eigenvalue weighted by Gasteiger charge is -2.49. The molecule has 2 aromatic rings. The highest BCUT2D eigenvalue weighted by molar-refractivity contribution is 5.94. The Morgan fingerprint density at radius 2 is 1.77 bits per heavy atom. The van der Waals surface area contributed by atoms with E-state index in [1.54, 1.807) is 12.0 Å². The fraction of sp³-hybridized carbons (Fsp3) is 0.567. The molecule has 2 aromatic carbocycles. The number of amides is 1. The zero-order valence-corrected chi connectivity index (χ0v) is 23.2. The van der Waals surface area contributed by atoms with Crippen molar-refractivity contribution in [1.82, 2.24) is 15.1 Å². The molecule has 9 heteroatoms. The largest absolute Gasteiger partial charge is 0.492 e. The first-order valence-corrected chi connectivity index (χ1v) is 13.9. The number of ether oxygens (including phenoxy) is 2. The second-order valence-corrected chi connectivity index (χ2v) is 10.5. The third-order valence-electron chi connectivity index (χ3n) is 8.07. The topological polar surface area (TPSA) is 54.0 Å². The van der Waals surface area contributed by atoms with Crippen LogP contribution in [0.25, 0.3) is 0 Å². The van der Waals surface area contributed by atoms with Gasteiger partial charge < -0.3 is 19.7 Å². The van der Waals surface area contributed by atoms with Crippen LogP contribution in [0.3, 0.4) is 0 Å². The third-order valence-corrected chi connectivity index (χ3v) is 8.07. The molecule has 2 aliphatic rings. The van der Waals surface area contributed by atoms with Crippen LogP contribution in [0.5, 0.6) is 5.75 Å². The maximum absolute atomic E-state index is 13.1. The number of piperazine rings is 1. The van der Waals surface area contributed by atoms with E-state index in [1.807, 2.05) is 0 Å². The fourth-order valence-electron chi connectivity index (χ4n) is 5.79. The molecule has 0 aromatic heterocycles. The average Bonchev–Trinajstić information content (AvgIpc) is 2.93. The monoisotopic (exact) mass is 547 g/mol. The Morgan fingerprint density at radius 1 is 1.00 bits per heavy atom. The molecule has 2 aliphatic heterocycles. The summed E-state index contributed by atoms with van der Waals surface area (Å²) in [6.07, 6.45) is -0.297. The summed E-state index contributed by atoms with van der Waals surface area (Å²) in [6.45, 7) is 9.20. The van der Waals surface area contributed by atoms with Gasteiger partial charge in [0.1, 0.15) is 12.4 Å². The molecule has 1 unspecified atom stereocenters. The lowest BCUT2D eigenvalue weighted by molar-refractivity contribution is -0.137. The normalized spacial score (nSPS) is 20.1. The number of piperidine rings is 1. The van der Waals surface area contributed by atoms with Crippen LogP contribution in [0, 0.1) is 13.8 Å². The molecule has 2 saturated heterocycles. The summed E-state index contributed by atoms with van der Waals surface area (Å²) in [5.74, 6) is 0.710. The van der Waals surface area contributed by atoms with Crippen molar-refractivity contribution in [3.63, 3.8) is 0 Å². The van der Waals surface area contributed by atoms with Crippen molar-refractivity contribution in [2.24, 2.45) is 0 Å². The molecule has 2 fully saturated rings. The van der Waals surface area contributed by atoms with Crippen molar-refractivity contribution in [3.05, 3.63) is 64.2 Å². The first kappa shape index (κ1) is 29.4. The van der Waals surface area contributed by atoms with Gasteiger partial charge >= 0.3 is 6.18 Å². The molecule has 0 saturated carbocycles. The maximum Gasteiger partial charge on any atom is 0.416 e. The molecule has 1 N–H and O–H groups in total. The molecular weight excluding hydrogens is 507 g/mol. The van der Waals surface area contributed by atoms with Crippen LogP contribution in [-0.4, -0.2) is 74.8 Å². The summed E-state index contributed by atoms with van der Waals surface area (Å²) < 4.78 is 49.9. The van der Waals surface area contributed by atoms with Crippen molar-refractivity contribution in [3.8, 4) is 5.75 Å². The molecule has 214 valence electrons. The number of hydrogen-bond donors (Lipinski definition) is 1. The van der Waals surface area contributed by atoms with E-state index in [4.69, 9.17) is 9.47 Å². The van der Waals surface area contributed by atoms with Crippen LogP contribution < -0.4 is 10.1 Å². The fourth-order valence-corrected chi connectivity index (χ4v) is 5.79. The second-order valence-electron chi connectivity index (χ2n) is 10.5. The van der Waals surface area contributed by atoms with Crippen LogP contribution in [0.2, 0.25) is 0 Å². The van der Waals surface area contributed by atoms with Gasteiger partial charge in [0.05, 0.1) is 5.56 Å². The van der Waals surface area contributed by atoms with E-state index >= 15 is 0 Å².